The molecule has 0 aliphatic heterocycles. The van der Waals surface area contributed by atoms with E-state index in [-0.39, 0.29) is 5.89 Å². The third kappa shape index (κ3) is 3.14. The summed E-state index contributed by atoms with van der Waals surface area (Å²) >= 11 is 0. The largest absolute Gasteiger partial charge is 0.497 e. The van der Waals surface area contributed by atoms with Gasteiger partial charge in [-0.15, -0.1) is 0 Å². The number of aryl methyl sites for hydroxylation is 1. The first-order valence-corrected chi connectivity index (χ1v) is 7.56. The molecule has 0 N–H and O–H groups in total. The van der Waals surface area contributed by atoms with E-state index in [4.69, 9.17) is 18.2 Å². The van der Waals surface area contributed by atoms with E-state index in [1.807, 2.05) is 31.2 Å². The normalized spacial score (nSPS) is 11.0. The molecule has 126 valence electrons. The van der Waals surface area contributed by atoms with Crippen LogP contribution >= 0.6 is 0 Å². The number of aromatic nitrogens is 4. The summed E-state index contributed by atoms with van der Waals surface area (Å²) in [6.07, 6.45) is 1.96. The summed E-state index contributed by atoms with van der Waals surface area (Å²) < 4.78 is 21.0. The van der Waals surface area contributed by atoms with Gasteiger partial charge < -0.3 is 18.2 Å². The standard InChI is InChI=1S/C17H14N4O4/c1-10-7-14(24-20-10)17-19-15(21-25-17)8-12-9-23-16(18-12)11-3-5-13(22-2)6-4-11/h3-7,9H,8H2,1-2H3. The molecule has 0 bridgehead atoms. The number of oxazole rings is 1. The summed E-state index contributed by atoms with van der Waals surface area (Å²) in [4.78, 5) is 8.74. The van der Waals surface area contributed by atoms with E-state index >= 15 is 0 Å². The van der Waals surface area contributed by atoms with Crippen molar-refractivity contribution < 1.29 is 18.2 Å². The van der Waals surface area contributed by atoms with Crippen LogP contribution in [0.1, 0.15) is 17.2 Å². The van der Waals surface area contributed by atoms with Crippen molar-refractivity contribution in [3.63, 3.8) is 0 Å². The van der Waals surface area contributed by atoms with Gasteiger partial charge in [0.25, 0.3) is 5.89 Å². The number of hydrogen-bond donors (Lipinski definition) is 0. The van der Waals surface area contributed by atoms with Gasteiger partial charge in [-0.25, -0.2) is 4.98 Å². The second kappa shape index (κ2) is 6.23. The first-order valence-electron chi connectivity index (χ1n) is 7.56. The van der Waals surface area contributed by atoms with Gasteiger partial charge in [0.2, 0.25) is 11.7 Å². The van der Waals surface area contributed by atoms with E-state index in [0.29, 0.717) is 29.6 Å². The number of nitrogens with zero attached hydrogens (tertiary/aromatic N) is 4. The van der Waals surface area contributed by atoms with E-state index in [9.17, 15) is 0 Å². The van der Waals surface area contributed by atoms with Crippen molar-refractivity contribution in [1.29, 1.82) is 0 Å². The van der Waals surface area contributed by atoms with Crippen LogP contribution in [0, 0.1) is 6.92 Å². The maximum absolute atomic E-state index is 5.52. The van der Waals surface area contributed by atoms with Gasteiger partial charge in [0.15, 0.2) is 5.82 Å². The molecule has 25 heavy (non-hydrogen) atoms. The number of rotatable bonds is 5. The Bertz CT molecular complexity index is 984. The highest BCUT2D eigenvalue weighted by molar-refractivity contribution is 5.54. The molecule has 4 rings (SSSR count). The second-order valence-corrected chi connectivity index (χ2v) is 5.40. The Morgan fingerprint density at radius 2 is 1.84 bits per heavy atom. The zero-order valence-electron chi connectivity index (χ0n) is 13.6. The Morgan fingerprint density at radius 1 is 1.00 bits per heavy atom. The fourth-order valence-corrected chi connectivity index (χ4v) is 2.31. The molecule has 1 aromatic carbocycles. The molecule has 0 saturated carbocycles. The second-order valence-electron chi connectivity index (χ2n) is 5.40. The van der Waals surface area contributed by atoms with Gasteiger partial charge in [-0.3, -0.25) is 0 Å². The van der Waals surface area contributed by atoms with Crippen molar-refractivity contribution in [3.05, 3.63) is 53.8 Å². The summed E-state index contributed by atoms with van der Waals surface area (Å²) in [6, 6.07) is 9.20. The number of methoxy groups -OCH3 is 1. The number of ether oxygens (including phenoxy) is 1. The molecule has 0 spiro atoms. The molecular formula is C17H14N4O4. The van der Waals surface area contributed by atoms with E-state index in [1.165, 1.54) is 0 Å². The first kappa shape index (κ1) is 15.1. The molecule has 0 radical (unpaired) electrons. The molecule has 8 heteroatoms. The van der Waals surface area contributed by atoms with E-state index in [2.05, 4.69) is 20.3 Å². The minimum atomic E-state index is 0.287. The van der Waals surface area contributed by atoms with E-state index in [0.717, 1.165) is 17.0 Å². The Morgan fingerprint density at radius 3 is 2.56 bits per heavy atom. The van der Waals surface area contributed by atoms with Gasteiger partial charge >= 0.3 is 0 Å². The van der Waals surface area contributed by atoms with Gasteiger partial charge in [0, 0.05) is 11.6 Å². The predicted octanol–water partition coefficient (Wildman–Crippen LogP) is 3.29. The Kier molecular flexibility index (Phi) is 3.77. The number of benzene rings is 1. The van der Waals surface area contributed by atoms with Crippen molar-refractivity contribution in [1.82, 2.24) is 20.3 Å². The van der Waals surface area contributed by atoms with E-state index in [1.54, 1.807) is 19.4 Å². The predicted molar refractivity (Wildman–Crippen MR) is 85.8 cm³/mol. The van der Waals surface area contributed by atoms with Crippen molar-refractivity contribution >= 4 is 0 Å². The molecule has 8 nitrogen and oxygen atoms in total. The highest BCUT2D eigenvalue weighted by Gasteiger charge is 2.15. The molecule has 3 heterocycles. The zero-order chi connectivity index (χ0) is 17.2. The lowest BCUT2D eigenvalue weighted by molar-refractivity contribution is 0.380. The highest BCUT2D eigenvalue weighted by atomic mass is 16.5. The Balaban J connectivity index is 1.50. The number of hydrogen-bond acceptors (Lipinski definition) is 8. The molecule has 4 aromatic rings. The summed E-state index contributed by atoms with van der Waals surface area (Å²) in [6.45, 7) is 1.82. The third-order valence-electron chi connectivity index (χ3n) is 3.53. The van der Waals surface area contributed by atoms with Crippen LogP contribution in [0.4, 0.5) is 0 Å². The van der Waals surface area contributed by atoms with Crippen LogP contribution in [0.2, 0.25) is 0 Å². The van der Waals surface area contributed by atoms with Crippen molar-refractivity contribution in [3.8, 4) is 28.9 Å². The first-order chi connectivity index (χ1) is 12.2. The van der Waals surface area contributed by atoms with Gasteiger partial charge in [0.05, 0.1) is 24.9 Å². The Labute approximate surface area is 142 Å². The average Bonchev–Trinajstić information content (AvgIpc) is 3.36. The van der Waals surface area contributed by atoms with Crippen molar-refractivity contribution in [2.45, 2.75) is 13.3 Å². The molecule has 0 amide bonds. The monoisotopic (exact) mass is 338 g/mol. The van der Waals surface area contributed by atoms with Gasteiger partial charge in [-0.1, -0.05) is 10.3 Å². The van der Waals surface area contributed by atoms with Crippen LogP contribution in [0.3, 0.4) is 0 Å². The zero-order valence-corrected chi connectivity index (χ0v) is 13.6. The third-order valence-corrected chi connectivity index (χ3v) is 3.53. The topological polar surface area (TPSA) is 100 Å². The summed E-state index contributed by atoms with van der Waals surface area (Å²) in [5.74, 6) is 2.51. The molecule has 0 fully saturated rings. The van der Waals surface area contributed by atoms with Gasteiger partial charge in [-0.2, -0.15) is 4.98 Å². The van der Waals surface area contributed by atoms with Crippen LogP contribution in [-0.4, -0.2) is 27.4 Å². The molecule has 0 saturated heterocycles. The lowest BCUT2D eigenvalue weighted by atomic mass is 10.2. The molecule has 0 aliphatic rings. The van der Waals surface area contributed by atoms with Crippen LogP contribution < -0.4 is 4.74 Å². The molecule has 3 aromatic heterocycles. The summed E-state index contributed by atoms with van der Waals surface area (Å²) in [7, 11) is 1.62. The van der Waals surface area contributed by atoms with Gasteiger partial charge in [-0.05, 0) is 31.2 Å². The molecule has 0 aliphatic carbocycles. The van der Waals surface area contributed by atoms with Crippen LogP contribution in [-0.2, 0) is 6.42 Å². The highest BCUT2D eigenvalue weighted by Crippen LogP contribution is 2.23. The fourth-order valence-electron chi connectivity index (χ4n) is 2.31. The molecule has 0 atom stereocenters. The quantitative estimate of drug-likeness (QED) is 0.546. The van der Waals surface area contributed by atoms with Crippen molar-refractivity contribution in [2.75, 3.05) is 7.11 Å². The smallest absolute Gasteiger partial charge is 0.296 e. The summed E-state index contributed by atoms with van der Waals surface area (Å²) in [5.41, 5.74) is 2.31. The van der Waals surface area contributed by atoms with Crippen LogP contribution in [0.25, 0.3) is 23.1 Å². The maximum Gasteiger partial charge on any atom is 0.296 e. The molecular weight excluding hydrogens is 324 g/mol. The Hall–Kier alpha value is -3.42. The maximum atomic E-state index is 5.52. The van der Waals surface area contributed by atoms with E-state index < -0.39 is 0 Å². The van der Waals surface area contributed by atoms with Crippen molar-refractivity contribution in [2.24, 2.45) is 0 Å². The van der Waals surface area contributed by atoms with Crippen LogP contribution in [0.5, 0.6) is 5.75 Å². The summed E-state index contributed by atoms with van der Waals surface area (Å²) in [5, 5.41) is 7.73. The lowest BCUT2D eigenvalue weighted by Gasteiger charge is -1.99. The SMILES string of the molecule is COc1ccc(-c2nc(Cc3noc(-c4cc(C)no4)n3)co2)cc1. The van der Waals surface area contributed by atoms with Gasteiger partial charge in [0.1, 0.15) is 12.0 Å². The minimum absolute atomic E-state index is 0.287. The average molecular weight is 338 g/mol. The lowest BCUT2D eigenvalue weighted by Crippen LogP contribution is -1.91. The fraction of sp³-hybridized carbons (Fsp3) is 0.176. The van der Waals surface area contributed by atoms with Crippen LogP contribution in [0.15, 0.2) is 50.1 Å². The molecule has 0 unspecified atom stereocenters. The minimum Gasteiger partial charge on any atom is -0.497 e.